The van der Waals surface area contributed by atoms with Crippen LogP contribution in [0.1, 0.15) is 11.1 Å². The van der Waals surface area contributed by atoms with Gasteiger partial charge in [0.2, 0.25) is 0 Å². The van der Waals surface area contributed by atoms with E-state index in [0.29, 0.717) is 11.5 Å². The molecule has 1 aliphatic heterocycles. The Morgan fingerprint density at radius 1 is 1.23 bits per heavy atom. The average Bonchev–Trinajstić information content (AvgIpc) is 2.77. The van der Waals surface area contributed by atoms with Gasteiger partial charge < -0.3 is 9.47 Å². The molecule has 1 aromatic heterocycles. The lowest BCUT2D eigenvalue weighted by Crippen LogP contribution is -2.36. The Morgan fingerprint density at radius 3 is 2.81 bits per heavy atom. The van der Waals surface area contributed by atoms with Crippen LogP contribution in [-0.2, 0) is 24.3 Å². The Bertz CT molecular complexity index is 1130. The molecule has 0 fully saturated rings. The number of hydrogen-bond acceptors (Lipinski definition) is 6. The molecular weight excluding hydrogens is 425 g/mol. The van der Waals surface area contributed by atoms with Crippen LogP contribution in [0, 0.1) is 5.82 Å². The molecule has 160 valence electrons. The van der Waals surface area contributed by atoms with E-state index in [9.17, 15) is 13.4 Å². The van der Waals surface area contributed by atoms with Crippen LogP contribution in [0.15, 0.2) is 54.9 Å². The first-order valence-electron chi connectivity index (χ1n) is 9.21. The van der Waals surface area contributed by atoms with E-state index in [-0.39, 0.29) is 30.4 Å². The molecule has 0 bridgehead atoms. The highest BCUT2D eigenvalue weighted by Gasteiger charge is 2.26. The van der Waals surface area contributed by atoms with Gasteiger partial charge in [0.1, 0.15) is 11.5 Å². The molecule has 0 spiro atoms. The van der Waals surface area contributed by atoms with Crippen molar-refractivity contribution in [2.75, 3.05) is 11.8 Å². The summed E-state index contributed by atoms with van der Waals surface area (Å²) in [5.74, 6) is 0.194. The molecule has 2 heterocycles. The molecule has 0 aliphatic carbocycles. The van der Waals surface area contributed by atoms with Crippen molar-refractivity contribution in [3.05, 3.63) is 71.8 Å². The molecule has 0 saturated carbocycles. The van der Waals surface area contributed by atoms with Crippen molar-refractivity contribution in [3.63, 3.8) is 0 Å². The zero-order valence-corrected chi connectivity index (χ0v) is 17.2. The van der Waals surface area contributed by atoms with Crippen molar-refractivity contribution in [1.82, 2.24) is 19.6 Å². The molecule has 9 nitrogen and oxygen atoms in total. The van der Waals surface area contributed by atoms with E-state index in [0.717, 1.165) is 5.56 Å². The minimum atomic E-state index is -1.62. The van der Waals surface area contributed by atoms with Crippen molar-refractivity contribution in [3.8, 4) is 17.5 Å². The summed E-state index contributed by atoms with van der Waals surface area (Å²) in [5.41, 5.74) is 1.08. The van der Waals surface area contributed by atoms with Crippen molar-refractivity contribution in [2.24, 2.45) is 0 Å². The highest BCUT2D eigenvalue weighted by molar-refractivity contribution is 7.84. The molecule has 1 aliphatic rings. The number of carbonyl (C=O) groups is 1. The summed E-state index contributed by atoms with van der Waals surface area (Å²) in [6, 6.07) is 11.5. The Morgan fingerprint density at radius 2 is 2.03 bits per heavy atom. The van der Waals surface area contributed by atoms with Gasteiger partial charge in [-0.25, -0.2) is 28.1 Å². The average molecular weight is 443 g/mol. The van der Waals surface area contributed by atoms with Gasteiger partial charge in [-0.3, -0.25) is 9.62 Å². The highest BCUT2D eigenvalue weighted by Crippen LogP contribution is 2.32. The second kappa shape index (κ2) is 9.06. The summed E-state index contributed by atoms with van der Waals surface area (Å²) in [4.78, 5) is 21.8. The quantitative estimate of drug-likeness (QED) is 0.581. The largest absolute Gasteiger partial charge is 0.424 e. The molecule has 2 aromatic carbocycles. The summed E-state index contributed by atoms with van der Waals surface area (Å²) in [6.45, 7) is 0.220. The van der Waals surface area contributed by atoms with Gasteiger partial charge in [-0.1, -0.05) is 12.1 Å². The van der Waals surface area contributed by atoms with E-state index >= 15 is 0 Å². The lowest BCUT2D eigenvalue weighted by molar-refractivity contribution is 0.134. The number of ether oxygens (including phenoxy) is 2. The van der Waals surface area contributed by atoms with E-state index in [2.05, 4.69) is 19.4 Å². The van der Waals surface area contributed by atoms with Crippen molar-refractivity contribution >= 4 is 23.0 Å². The molecule has 11 heteroatoms. The molecule has 2 N–H and O–H groups in total. The summed E-state index contributed by atoms with van der Waals surface area (Å²) < 4.78 is 42.3. The Hall–Kier alpha value is -3.57. The minimum Gasteiger partial charge on any atom is -0.424 e. The number of carbonyl (C=O) groups excluding carboxylic acids is 1. The Kier molecular flexibility index (Phi) is 6.05. The van der Waals surface area contributed by atoms with Crippen LogP contribution in [0.25, 0.3) is 0 Å². The normalized spacial score (nSPS) is 13.9. The first-order chi connectivity index (χ1) is 15.0. The number of fused-ring (bicyclic) bond motifs is 1. The molecular formula is C20H18FN5O4S. The van der Waals surface area contributed by atoms with Crippen molar-refractivity contribution < 1.29 is 22.9 Å². The molecule has 0 saturated heterocycles. The van der Waals surface area contributed by atoms with Gasteiger partial charge in [-0.2, -0.15) is 0 Å². The maximum Gasteiger partial charge on any atom is 0.415 e. The van der Waals surface area contributed by atoms with Crippen LogP contribution in [-0.4, -0.2) is 32.2 Å². The number of amides is 1. The maximum absolute atomic E-state index is 14.8. The number of hydrogen-bond donors (Lipinski definition) is 2. The minimum absolute atomic E-state index is 0.0120. The third-order valence-electron chi connectivity index (χ3n) is 4.43. The predicted octanol–water partition coefficient (Wildman–Crippen LogP) is 3.13. The number of nitrogens with one attached hydrogen (secondary N) is 2. The number of anilines is 1. The predicted molar refractivity (Wildman–Crippen MR) is 111 cm³/mol. The fourth-order valence-electron chi connectivity index (χ4n) is 2.95. The third kappa shape index (κ3) is 4.78. The summed E-state index contributed by atoms with van der Waals surface area (Å²) in [5, 5.41) is 0. The molecule has 1 amide bonds. The molecule has 31 heavy (non-hydrogen) atoms. The van der Waals surface area contributed by atoms with E-state index in [4.69, 9.17) is 9.47 Å². The van der Waals surface area contributed by atoms with Gasteiger partial charge in [0.25, 0.3) is 0 Å². The third-order valence-corrected chi connectivity index (χ3v) is 5.21. The van der Waals surface area contributed by atoms with Gasteiger partial charge in [0, 0.05) is 29.6 Å². The smallest absolute Gasteiger partial charge is 0.415 e. The molecule has 1 unspecified atom stereocenters. The first kappa shape index (κ1) is 20.7. The molecule has 1 atom stereocenters. The van der Waals surface area contributed by atoms with Crippen molar-refractivity contribution in [1.29, 1.82) is 0 Å². The SMILES string of the molecule is CNS(=O)Nc1cccc(CN2Cc3ccc(Oc4ncccn4)cc3OC2=O)c1F. The zero-order chi connectivity index (χ0) is 21.8. The van der Waals surface area contributed by atoms with Crippen LogP contribution in [0.3, 0.4) is 0 Å². The first-order valence-corrected chi connectivity index (χ1v) is 10.4. The highest BCUT2D eigenvalue weighted by atomic mass is 32.2. The van der Waals surface area contributed by atoms with E-state index in [1.807, 2.05) is 0 Å². The van der Waals surface area contributed by atoms with Gasteiger partial charge in [0.15, 0.2) is 17.0 Å². The number of benzene rings is 2. The number of nitrogens with zero attached hydrogens (tertiary/aromatic N) is 3. The fourth-order valence-corrected chi connectivity index (χ4v) is 3.41. The van der Waals surface area contributed by atoms with E-state index in [1.54, 1.807) is 48.8 Å². The number of halogens is 1. The van der Waals surface area contributed by atoms with Crippen LogP contribution in [0.4, 0.5) is 14.9 Å². The second-order valence-corrected chi connectivity index (χ2v) is 7.63. The number of rotatable bonds is 7. The zero-order valence-electron chi connectivity index (χ0n) is 16.4. The van der Waals surface area contributed by atoms with E-state index in [1.165, 1.54) is 18.0 Å². The maximum atomic E-state index is 14.8. The monoisotopic (exact) mass is 443 g/mol. The van der Waals surface area contributed by atoms with Crippen molar-refractivity contribution in [2.45, 2.75) is 13.1 Å². The lowest BCUT2D eigenvalue weighted by Gasteiger charge is -2.28. The van der Waals surface area contributed by atoms with Crippen LogP contribution < -0.4 is 18.9 Å². The lowest BCUT2D eigenvalue weighted by atomic mass is 10.1. The van der Waals surface area contributed by atoms with E-state index < -0.39 is 23.1 Å². The summed E-state index contributed by atoms with van der Waals surface area (Å²) in [7, 11) is 1.48. The standard InChI is InChI=1S/C20H18FN5O4S/c1-22-31(28)25-16-5-2-4-14(18(16)21)12-26-11-13-6-7-15(10-17(13)30-20(26)27)29-19-23-8-3-9-24-19/h2-10,22,25H,11-12H2,1H3. The Balaban J connectivity index is 1.49. The fraction of sp³-hybridized carbons (Fsp3) is 0.150. The second-order valence-electron chi connectivity index (χ2n) is 6.48. The summed E-state index contributed by atoms with van der Waals surface area (Å²) in [6.07, 6.45) is 2.49. The van der Waals surface area contributed by atoms with Gasteiger partial charge in [0.05, 0.1) is 18.8 Å². The van der Waals surface area contributed by atoms with Crippen LogP contribution in [0.2, 0.25) is 0 Å². The van der Waals surface area contributed by atoms with Crippen LogP contribution in [0.5, 0.6) is 17.5 Å². The summed E-state index contributed by atoms with van der Waals surface area (Å²) >= 11 is -1.62. The molecule has 0 radical (unpaired) electrons. The van der Waals surface area contributed by atoms with Gasteiger partial charge in [-0.15, -0.1) is 0 Å². The molecule has 3 aromatic rings. The Labute approximate surface area is 179 Å². The molecule has 4 rings (SSSR count). The van der Waals surface area contributed by atoms with Gasteiger partial charge in [-0.05, 0) is 31.3 Å². The van der Waals surface area contributed by atoms with Crippen LogP contribution >= 0.6 is 0 Å². The number of aromatic nitrogens is 2. The topological polar surface area (TPSA) is 106 Å². The van der Waals surface area contributed by atoms with Gasteiger partial charge >= 0.3 is 12.1 Å².